The Hall–Kier alpha value is -7.16. The molecule has 6 aromatic rings. The number of benzene rings is 6. The molecular formula is C37B2F30N-. The molecule has 0 radical (unpaired) electrons. The molecule has 0 saturated heterocycles. The molecule has 0 aromatic heterocycles. The summed E-state index contributed by atoms with van der Waals surface area (Å²) in [6.45, 7) is 0. The Morgan fingerprint density at radius 1 is 0.171 bits per heavy atom. The molecule has 70 heavy (non-hydrogen) atoms. The van der Waals surface area contributed by atoms with Gasteiger partial charge in [0.15, 0.2) is 105 Å². The van der Waals surface area contributed by atoms with Gasteiger partial charge in [-0.1, -0.05) is 0 Å². The molecule has 0 aliphatic carbocycles. The molecule has 0 bridgehead atoms. The molecule has 33 heteroatoms. The molecule has 1 nitrogen and oxygen atoms in total. The molecule has 0 amide bonds. The summed E-state index contributed by atoms with van der Waals surface area (Å²) in [4.78, 5) is 0. The summed E-state index contributed by atoms with van der Waals surface area (Å²) in [7, 11) is 0. The van der Waals surface area contributed by atoms with Gasteiger partial charge in [-0.05, 0) is 22.4 Å². The van der Waals surface area contributed by atoms with Crippen LogP contribution in [-0.4, -0.2) is 12.4 Å². The maximum atomic E-state index is 16.2. The van der Waals surface area contributed by atoms with Crippen molar-refractivity contribution in [2.45, 2.75) is 0 Å². The topological polar surface area (TPSA) is 4.36 Å². The Bertz CT molecular complexity index is 2690. The molecule has 0 N–H and O–H groups in total. The molecule has 0 unspecified atom stereocenters. The molecule has 0 spiro atoms. The highest BCUT2D eigenvalue weighted by atomic mass is 19.2. The Morgan fingerprint density at radius 2 is 0.286 bits per heavy atom. The first-order valence-electron chi connectivity index (χ1n) is 17.2. The van der Waals surface area contributed by atoms with E-state index in [4.69, 9.17) is 0 Å². The lowest BCUT2D eigenvalue weighted by atomic mass is 9.15. The lowest BCUT2D eigenvalue weighted by Crippen LogP contribution is -2.74. The minimum atomic E-state index is -7.91. The van der Waals surface area contributed by atoms with Crippen LogP contribution in [0.15, 0.2) is 0 Å². The predicted octanol–water partition coefficient (Wildman–Crippen LogP) is 8.87. The third kappa shape index (κ3) is 6.74. The Labute approximate surface area is 362 Å². The van der Waals surface area contributed by atoms with Crippen molar-refractivity contribution in [2.75, 3.05) is 0 Å². The van der Waals surface area contributed by atoms with Gasteiger partial charge in [0.25, 0.3) is 6.15 Å². The summed E-state index contributed by atoms with van der Waals surface area (Å²) in [5.41, 5.74) is -24.1. The number of nitrogens with zero attached hydrogens (tertiary/aromatic N) is 1. The van der Waals surface area contributed by atoms with Gasteiger partial charge in [0.05, 0.1) is 0 Å². The van der Waals surface area contributed by atoms with E-state index in [0.717, 1.165) is 0 Å². The van der Waals surface area contributed by atoms with Gasteiger partial charge in [-0.25, -0.2) is 132 Å². The van der Waals surface area contributed by atoms with Crippen LogP contribution in [0, 0.1) is 180 Å². The van der Waals surface area contributed by atoms with Crippen LogP contribution < -0.4 is 32.8 Å². The molecule has 6 aromatic carbocycles. The largest absolute Gasteiger partial charge is 0.490 e. The third-order valence-corrected chi connectivity index (χ3v) is 10.5. The van der Waals surface area contributed by atoms with E-state index in [9.17, 15) is 26.3 Å². The third-order valence-electron chi connectivity index (χ3n) is 10.5. The standard InChI is InChI=1S/C37B2F30N/c40-8-2(9(41)21(53)32(64)20(8)52)38(3-10(42)22(54)33(65)23(55)11(3)43,4-12(44)24(56)34(66)25(57)13(4)45)1-70-39(5-14(46)26(58)35(67)27(59)15(5)47,6-16(48)28(60)36(68)29(61)17(6)49)7-18(50)30(62)37(69)31(63)19(7)51/q-1. The first-order valence-corrected chi connectivity index (χ1v) is 17.2. The Morgan fingerprint density at radius 3 is 0.429 bits per heavy atom. The van der Waals surface area contributed by atoms with Crippen molar-refractivity contribution in [1.82, 2.24) is 0 Å². The summed E-state index contributed by atoms with van der Waals surface area (Å²) >= 11 is 0. The van der Waals surface area contributed by atoms with Crippen molar-refractivity contribution in [2.24, 2.45) is 0 Å². The van der Waals surface area contributed by atoms with Crippen LogP contribution in [0.2, 0.25) is 0 Å². The SMILES string of the molecule is Fc1c(F)c(F)c([B-](C#[N+][B-](c2c(F)c(F)c(F)c(F)c2F)(c2c(F)c(F)c(F)c(F)c2F)c2c(F)c(F)c(F)c(F)c2F)(c2c(F)c(F)c(F)c(F)c2F)c2c(F)c(F)c(F)c(F)c2F)c(F)c1F. The van der Waals surface area contributed by atoms with Crippen molar-refractivity contribution in [1.29, 1.82) is 0 Å². The highest BCUT2D eigenvalue weighted by Crippen LogP contribution is 2.32. The summed E-state index contributed by atoms with van der Waals surface area (Å²) in [5.74, 6) is -118. The van der Waals surface area contributed by atoms with Crippen LogP contribution in [0.1, 0.15) is 0 Å². The number of rotatable bonds is 6. The first kappa shape index (κ1) is 52.2. The second-order valence-corrected chi connectivity index (χ2v) is 13.8. The highest BCUT2D eigenvalue weighted by molar-refractivity contribution is 7.19. The van der Waals surface area contributed by atoms with Gasteiger partial charge in [0.2, 0.25) is 0 Å². The fourth-order valence-electron chi connectivity index (χ4n) is 7.45. The van der Waals surface area contributed by atoms with Crippen LogP contribution in [0.3, 0.4) is 0 Å². The molecule has 370 valence electrons. The molecule has 0 heterocycles. The van der Waals surface area contributed by atoms with Gasteiger partial charge in [-0.15, -0.1) is 16.4 Å². The van der Waals surface area contributed by atoms with E-state index in [-0.39, 0.29) is 5.97 Å². The van der Waals surface area contributed by atoms with E-state index < -0.39 is 220 Å². The molecule has 0 saturated carbocycles. The fraction of sp³-hybridized carbons (Fsp3) is 0. The van der Waals surface area contributed by atoms with Gasteiger partial charge < -0.3 is 4.76 Å². The van der Waals surface area contributed by atoms with E-state index in [1.165, 1.54) is 0 Å². The second kappa shape index (κ2) is 17.4. The maximum Gasteiger partial charge on any atom is 0.490 e. The maximum absolute atomic E-state index is 16.2. The summed E-state index contributed by atoms with van der Waals surface area (Å²) in [6, 6.07) is 0. The lowest BCUT2D eigenvalue weighted by Gasteiger charge is -2.37. The number of halogens is 30. The molecule has 0 fully saturated rings. The first-order chi connectivity index (χ1) is 32.3. The second-order valence-electron chi connectivity index (χ2n) is 13.8. The van der Waals surface area contributed by atoms with Crippen molar-refractivity contribution in [3.05, 3.63) is 179 Å². The van der Waals surface area contributed by atoms with Crippen molar-refractivity contribution in [3.63, 3.8) is 0 Å². The molecule has 0 aliphatic rings. The monoisotopic (exact) mass is 1050 g/mol. The molecular weight excluding hydrogens is 1050 g/mol. The summed E-state index contributed by atoms with van der Waals surface area (Å²) < 4.78 is 465. The average Bonchev–Trinajstić information content (AvgIpc) is 3.32. The lowest BCUT2D eigenvalue weighted by molar-refractivity contribution is 0.379. The van der Waals surface area contributed by atoms with Crippen molar-refractivity contribution < 1.29 is 132 Å². The van der Waals surface area contributed by atoms with E-state index in [0.29, 0.717) is 0 Å². The molecule has 6 rings (SSSR count). The fourth-order valence-corrected chi connectivity index (χ4v) is 7.45. The number of hydrogen-bond donors (Lipinski definition) is 0. The zero-order valence-electron chi connectivity index (χ0n) is 31.4. The van der Waals surface area contributed by atoms with Crippen molar-refractivity contribution in [3.8, 4) is 5.97 Å². The summed E-state index contributed by atoms with van der Waals surface area (Å²) in [6.07, 6.45) is -15.7. The summed E-state index contributed by atoms with van der Waals surface area (Å²) in [5, 5.41) is 0. The van der Waals surface area contributed by atoms with Gasteiger partial charge in [0, 0.05) is 0 Å². The van der Waals surface area contributed by atoms with Gasteiger partial charge in [-0.3, -0.25) is 0 Å². The Kier molecular flexibility index (Phi) is 12.9. The average molecular weight is 1050 g/mol. The van der Waals surface area contributed by atoms with Crippen LogP contribution >= 0.6 is 0 Å². The molecule has 0 atom stereocenters. The number of hydrogen-bond acceptors (Lipinski definition) is 0. The minimum Gasteiger partial charge on any atom is -0.374 e. The molecule has 0 aliphatic heterocycles. The van der Waals surface area contributed by atoms with Gasteiger partial charge >= 0.3 is 6.28 Å². The van der Waals surface area contributed by atoms with Crippen LogP contribution in [-0.2, 0) is 0 Å². The van der Waals surface area contributed by atoms with Gasteiger partial charge in [0.1, 0.15) is 69.8 Å². The zero-order valence-corrected chi connectivity index (χ0v) is 31.4. The van der Waals surface area contributed by atoms with E-state index >= 15 is 105 Å². The van der Waals surface area contributed by atoms with Crippen LogP contribution in [0.4, 0.5) is 132 Å². The van der Waals surface area contributed by atoms with E-state index in [1.807, 2.05) is 0 Å². The highest BCUT2D eigenvalue weighted by Gasteiger charge is 2.60. The smallest absolute Gasteiger partial charge is 0.374 e. The van der Waals surface area contributed by atoms with Crippen LogP contribution in [0.25, 0.3) is 4.76 Å². The normalized spacial score (nSPS) is 12.0. The van der Waals surface area contributed by atoms with Crippen LogP contribution in [0.5, 0.6) is 0 Å². The minimum absolute atomic E-state index is 0.0988. The zero-order chi connectivity index (χ0) is 53.2. The van der Waals surface area contributed by atoms with Crippen molar-refractivity contribution >= 4 is 45.2 Å². The van der Waals surface area contributed by atoms with E-state index in [2.05, 4.69) is 4.76 Å². The van der Waals surface area contributed by atoms with Gasteiger partial charge in [-0.2, -0.15) is 0 Å². The van der Waals surface area contributed by atoms with E-state index in [1.54, 1.807) is 0 Å². The predicted molar refractivity (Wildman–Crippen MR) is 174 cm³/mol. The quantitative estimate of drug-likeness (QED) is 0.0681. The Balaban J connectivity index is 2.27.